The summed E-state index contributed by atoms with van der Waals surface area (Å²) in [5.74, 6) is 2.40. The number of aromatic nitrogens is 2. The van der Waals surface area contributed by atoms with Crippen LogP contribution in [0.15, 0.2) is 4.60 Å². The van der Waals surface area contributed by atoms with Gasteiger partial charge in [0.2, 0.25) is 0 Å². The average molecular weight is 259 g/mol. The molecule has 0 atom stereocenters. The summed E-state index contributed by atoms with van der Waals surface area (Å²) in [5.41, 5.74) is 2.94. The lowest BCUT2D eigenvalue weighted by atomic mass is 10.2. The Morgan fingerprint density at radius 1 is 1.46 bits per heavy atom. The maximum Gasteiger partial charge on any atom is 0.132 e. The summed E-state index contributed by atoms with van der Waals surface area (Å²) in [6, 6.07) is 0.725. The molecule has 0 N–H and O–H groups in total. The molecule has 70 valence electrons. The Balaban J connectivity index is 2.09. The van der Waals surface area contributed by atoms with Gasteiger partial charge in [0.1, 0.15) is 4.60 Å². The Morgan fingerprint density at radius 2 is 2.31 bits per heavy atom. The van der Waals surface area contributed by atoms with Gasteiger partial charge in [-0.15, -0.1) is 0 Å². The lowest BCUT2D eigenvalue weighted by Gasteiger charge is -2.12. The van der Waals surface area contributed by atoms with Crippen LogP contribution in [-0.4, -0.2) is 15.5 Å². The van der Waals surface area contributed by atoms with Crippen LogP contribution in [0, 0.1) is 0 Å². The highest BCUT2D eigenvalue weighted by atomic mass is 79.9. The quantitative estimate of drug-likeness (QED) is 0.771. The van der Waals surface area contributed by atoms with Gasteiger partial charge in [0, 0.05) is 17.0 Å². The van der Waals surface area contributed by atoms with Crippen molar-refractivity contribution >= 4 is 27.7 Å². The largest absolute Gasteiger partial charge is 0.265 e. The third kappa shape index (κ3) is 1.34. The second kappa shape index (κ2) is 3.02. The van der Waals surface area contributed by atoms with E-state index in [1.807, 2.05) is 11.8 Å². The number of hydrogen-bond acceptors (Lipinski definition) is 2. The Labute approximate surface area is 90.2 Å². The van der Waals surface area contributed by atoms with Crippen LogP contribution in [-0.2, 0) is 12.2 Å². The Bertz CT molecular complexity index is 344. The molecule has 1 fully saturated rings. The number of nitrogens with zero attached hydrogens (tertiary/aromatic N) is 2. The lowest BCUT2D eigenvalue weighted by molar-refractivity contribution is 0.605. The molecule has 0 amide bonds. The third-order valence-corrected chi connectivity index (χ3v) is 4.31. The molecule has 0 spiro atoms. The molecule has 2 aliphatic rings. The van der Waals surface area contributed by atoms with Gasteiger partial charge in [-0.05, 0) is 40.9 Å². The molecule has 1 aromatic rings. The smallest absolute Gasteiger partial charge is 0.132 e. The van der Waals surface area contributed by atoms with E-state index >= 15 is 0 Å². The summed E-state index contributed by atoms with van der Waals surface area (Å²) < 4.78 is 3.35. The zero-order valence-electron chi connectivity index (χ0n) is 7.29. The molecule has 1 aromatic heterocycles. The molecule has 1 aliphatic heterocycles. The van der Waals surface area contributed by atoms with Crippen molar-refractivity contribution in [3.63, 3.8) is 0 Å². The van der Waals surface area contributed by atoms with Crippen LogP contribution in [0.3, 0.4) is 0 Å². The van der Waals surface area contributed by atoms with Gasteiger partial charge in [-0.1, -0.05) is 0 Å². The molecule has 2 nitrogen and oxygen atoms in total. The standard InChI is InChI=1S/C9H11BrN2S/c10-9-7-5-13-4-3-8(7)12(11-9)6-1-2-6/h6H,1-5H2. The van der Waals surface area contributed by atoms with Crippen LogP contribution in [0.25, 0.3) is 0 Å². The van der Waals surface area contributed by atoms with Crippen molar-refractivity contribution in [2.24, 2.45) is 0 Å². The maximum absolute atomic E-state index is 4.57. The van der Waals surface area contributed by atoms with Gasteiger partial charge in [0.05, 0.1) is 6.04 Å². The molecule has 1 saturated carbocycles. The fourth-order valence-corrected chi connectivity index (χ4v) is 3.56. The first-order chi connectivity index (χ1) is 6.36. The van der Waals surface area contributed by atoms with Crippen molar-refractivity contribution in [1.29, 1.82) is 0 Å². The second-order valence-corrected chi connectivity index (χ2v) is 5.55. The van der Waals surface area contributed by atoms with Gasteiger partial charge in [-0.2, -0.15) is 16.9 Å². The normalized spacial score (nSPS) is 21.6. The summed E-state index contributed by atoms with van der Waals surface area (Å²) in [6.45, 7) is 0. The van der Waals surface area contributed by atoms with Gasteiger partial charge < -0.3 is 0 Å². The second-order valence-electron chi connectivity index (χ2n) is 3.69. The van der Waals surface area contributed by atoms with E-state index in [0.29, 0.717) is 0 Å². The van der Waals surface area contributed by atoms with Gasteiger partial charge in [0.25, 0.3) is 0 Å². The lowest BCUT2D eigenvalue weighted by Crippen LogP contribution is -2.08. The molecule has 13 heavy (non-hydrogen) atoms. The van der Waals surface area contributed by atoms with E-state index < -0.39 is 0 Å². The zero-order valence-corrected chi connectivity index (χ0v) is 9.70. The van der Waals surface area contributed by atoms with Crippen LogP contribution >= 0.6 is 27.7 Å². The van der Waals surface area contributed by atoms with Gasteiger partial charge in [0.15, 0.2) is 0 Å². The molecule has 0 unspecified atom stereocenters. The monoisotopic (exact) mass is 258 g/mol. The van der Waals surface area contributed by atoms with E-state index in [9.17, 15) is 0 Å². The van der Waals surface area contributed by atoms with Crippen molar-refractivity contribution in [3.8, 4) is 0 Å². The van der Waals surface area contributed by atoms with E-state index in [1.54, 1.807) is 0 Å². The van der Waals surface area contributed by atoms with E-state index in [1.165, 1.54) is 36.3 Å². The number of hydrogen-bond donors (Lipinski definition) is 0. The first-order valence-corrected chi connectivity index (χ1v) is 6.64. The van der Waals surface area contributed by atoms with Crippen molar-refractivity contribution in [2.45, 2.75) is 31.1 Å². The minimum absolute atomic E-state index is 0.725. The molecule has 4 heteroatoms. The topological polar surface area (TPSA) is 17.8 Å². The van der Waals surface area contributed by atoms with Gasteiger partial charge in [-0.3, -0.25) is 4.68 Å². The number of halogens is 1. The predicted molar refractivity (Wildman–Crippen MR) is 58.1 cm³/mol. The minimum Gasteiger partial charge on any atom is -0.265 e. The molecule has 1 aliphatic carbocycles. The first kappa shape index (κ1) is 8.36. The Hall–Kier alpha value is 0.0400. The van der Waals surface area contributed by atoms with E-state index in [-0.39, 0.29) is 0 Å². The highest BCUT2D eigenvalue weighted by Crippen LogP contribution is 2.40. The van der Waals surface area contributed by atoms with Gasteiger partial charge in [-0.25, -0.2) is 0 Å². The van der Waals surface area contributed by atoms with Crippen molar-refractivity contribution in [1.82, 2.24) is 9.78 Å². The molecular formula is C9H11BrN2S. The fraction of sp³-hybridized carbons (Fsp3) is 0.667. The van der Waals surface area contributed by atoms with Crippen LogP contribution in [0.1, 0.15) is 30.1 Å². The summed E-state index contributed by atoms with van der Waals surface area (Å²) in [6.07, 6.45) is 3.86. The summed E-state index contributed by atoms with van der Waals surface area (Å²) >= 11 is 5.57. The SMILES string of the molecule is Brc1nn(C2CC2)c2c1CSCC2. The maximum atomic E-state index is 4.57. The van der Waals surface area contributed by atoms with Crippen LogP contribution < -0.4 is 0 Å². The third-order valence-electron chi connectivity index (χ3n) is 2.69. The van der Waals surface area contributed by atoms with Crippen molar-refractivity contribution in [2.75, 3.05) is 5.75 Å². The molecule has 0 radical (unpaired) electrons. The Kier molecular flexibility index (Phi) is 1.94. The van der Waals surface area contributed by atoms with E-state index in [0.717, 1.165) is 16.4 Å². The molecule has 3 rings (SSSR count). The Morgan fingerprint density at radius 3 is 3.08 bits per heavy atom. The number of rotatable bonds is 1. The number of fused-ring (bicyclic) bond motifs is 1. The fourth-order valence-electron chi connectivity index (χ4n) is 1.85. The molecule has 0 bridgehead atoms. The predicted octanol–water partition coefficient (Wildman–Crippen LogP) is 2.77. The first-order valence-electron chi connectivity index (χ1n) is 4.70. The van der Waals surface area contributed by atoms with Crippen molar-refractivity contribution < 1.29 is 0 Å². The molecule has 0 aromatic carbocycles. The minimum atomic E-state index is 0.725. The van der Waals surface area contributed by atoms with E-state index in [4.69, 9.17) is 0 Å². The average Bonchev–Trinajstić information content (AvgIpc) is 2.94. The highest BCUT2D eigenvalue weighted by molar-refractivity contribution is 9.10. The van der Waals surface area contributed by atoms with Crippen LogP contribution in [0.2, 0.25) is 0 Å². The summed E-state index contributed by atoms with van der Waals surface area (Å²) in [5, 5.41) is 4.57. The summed E-state index contributed by atoms with van der Waals surface area (Å²) in [7, 11) is 0. The highest BCUT2D eigenvalue weighted by Gasteiger charge is 2.30. The van der Waals surface area contributed by atoms with Crippen molar-refractivity contribution in [3.05, 3.63) is 15.9 Å². The molecule has 2 heterocycles. The molecular weight excluding hydrogens is 248 g/mol. The van der Waals surface area contributed by atoms with Crippen LogP contribution in [0.4, 0.5) is 0 Å². The van der Waals surface area contributed by atoms with Gasteiger partial charge >= 0.3 is 0 Å². The van der Waals surface area contributed by atoms with Crippen LogP contribution in [0.5, 0.6) is 0 Å². The van der Waals surface area contributed by atoms with E-state index in [2.05, 4.69) is 25.7 Å². The molecule has 0 saturated heterocycles. The number of thioether (sulfide) groups is 1. The summed E-state index contributed by atoms with van der Waals surface area (Å²) in [4.78, 5) is 0. The zero-order chi connectivity index (χ0) is 8.84.